The standard InChI is InChI=1S/C17H23N3O7/c1-8(17(25)26)19(6-5-18-9(2)21)12(22)7-20-15(23)13-10-3-4-11(27-10)14(13)16(20)24/h8,10-11,13-14H,3-7H2,1-2H3,(H,18,21)(H,25,26). The van der Waals surface area contributed by atoms with Crippen LogP contribution in [0.25, 0.3) is 0 Å². The predicted molar refractivity (Wildman–Crippen MR) is 89.1 cm³/mol. The fourth-order valence-corrected chi connectivity index (χ4v) is 4.18. The summed E-state index contributed by atoms with van der Waals surface area (Å²) in [5, 5.41) is 11.7. The van der Waals surface area contributed by atoms with Crippen LogP contribution in [0.2, 0.25) is 0 Å². The predicted octanol–water partition coefficient (Wildman–Crippen LogP) is -1.41. The molecule has 10 nitrogen and oxygen atoms in total. The van der Waals surface area contributed by atoms with Crippen LogP contribution in [0, 0.1) is 11.8 Å². The second-order valence-electron chi connectivity index (χ2n) is 7.19. The van der Waals surface area contributed by atoms with Gasteiger partial charge in [-0.1, -0.05) is 0 Å². The minimum atomic E-state index is -1.21. The summed E-state index contributed by atoms with van der Waals surface area (Å²) in [6.07, 6.45) is 0.910. The van der Waals surface area contributed by atoms with E-state index in [-0.39, 0.29) is 31.2 Å². The van der Waals surface area contributed by atoms with Crippen LogP contribution in [-0.4, -0.2) is 82.4 Å². The highest BCUT2D eigenvalue weighted by Gasteiger charge is 2.62. The number of nitrogens with zero attached hydrogens (tertiary/aromatic N) is 2. The number of hydrogen-bond donors (Lipinski definition) is 2. The van der Waals surface area contributed by atoms with E-state index in [0.717, 1.165) is 22.6 Å². The maximum atomic E-state index is 12.7. The number of likely N-dealkylation sites (tertiary alicyclic amines) is 1. The van der Waals surface area contributed by atoms with Crippen LogP contribution < -0.4 is 5.32 Å². The van der Waals surface area contributed by atoms with Crippen LogP contribution >= 0.6 is 0 Å². The molecule has 10 heteroatoms. The number of aliphatic carboxylic acids is 1. The van der Waals surface area contributed by atoms with Crippen molar-refractivity contribution in [3.05, 3.63) is 0 Å². The highest BCUT2D eigenvalue weighted by Crippen LogP contribution is 2.48. The molecule has 0 aromatic rings. The molecule has 5 atom stereocenters. The highest BCUT2D eigenvalue weighted by molar-refractivity contribution is 6.08. The molecule has 0 saturated carbocycles. The van der Waals surface area contributed by atoms with Gasteiger partial charge in [-0.2, -0.15) is 0 Å². The van der Waals surface area contributed by atoms with Crippen LogP contribution in [0.15, 0.2) is 0 Å². The number of hydrogen-bond acceptors (Lipinski definition) is 6. The molecule has 27 heavy (non-hydrogen) atoms. The summed E-state index contributed by atoms with van der Waals surface area (Å²) < 4.78 is 5.64. The van der Waals surface area contributed by atoms with Gasteiger partial charge in [0.25, 0.3) is 0 Å². The molecule has 3 heterocycles. The molecule has 0 aromatic heterocycles. The molecule has 0 aromatic carbocycles. The number of carbonyl (C=O) groups is 5. The second-order valence-corrected chi connectivity index (χ2v) is 7.19. The molecule has 0 radical (unpaired) electrons. The molecule has 0 spiro atoms. The van der Waals surface area contributed by atoms with E-state index in [1.807, 2.05) is 0 Å². The molecule has 4 amide bonds. The molecule has 3 aliphatic rings. The van der Waals surface area contributed by atoms with E-state index in [2.05, 4.69) is 5.32 Å². The molecule has 2 N–H and O–H groups in total. The lowest BCUT2D eigenvalue weighted by atomic mass is 9.81. The van der Waals surface area contributed by atoms with Gasteiger partial charge in [0, 0.05) is 20.0 Å². The smallest absolute Gasteiger partial charge is 0.326 e. The normalized spacial score (nSPS) is 29.6. The van der Waals surface area contributed by atoms with Crippen LogP contribution in [0.5, 0.6) is 0 Å². The third kappa shape index (κ3) is 3.41. The van der Waals surface area contributed by atoms with Gasteiger partial charge < -0.3 is 20.1 Å². The lowest BCUT2D eigenvalue weighted by molar-refractivity contribution is -0.153. The molecule has 3 fully saturated rings. The average molecular weight is 381 g/mol. The highest BCUT2D eigenvalue weighted by atomic mass is 16.5. The van der Waals surface area contributed by atoms with Crippen LogP contribution in [-0.2, 0) is 28.7 Å². The Bertz CT molecular complexity index is 666. The monoisotopic (exact) mass is 381 g/mol. The lowest BCUT2D eigenvalue weighted by Crippen LogP contribution is -2.51. The zero-order valence-electron chi connectivity index (χ0n) is 15.2. The third-order valence-electron chi connectivity index (χ3n) is 5.54. The number of amides is 4. The number of fused-ring (bicyclic) bond motifs is 5. The SMILES string of the molecule is CC(=O)NCCN(C(=O)CN1C(=O)C2C3CCC(O3)C2C1=O)C(C)C(=O)O. The van der Waals surface area contributed by atoms with Crippen molar-refractivity contribution in [1.82, 2.24) is 15.1 Å². The van der Waals surface area contributed by atoms with Crippen molar-refractivity contribution in [1.29, 1.82) is 0 Å². The zero-order chi connectivity index (χ0) is 19.9. The Labute approximate surface area is 155 Å². The van der Waals surface area contributed by atoms with Crippen molar-refractivity contribution in [3.63, 3.8) is 0 Å². The van der Waals surface area contributed by atoms with E-state index in [0.29, 0.717) is 0 Å². The maximum absolute atomic E-state index is 12.7. The third-order valence-corrected chi connectivity index (χ3v) is 5.54. The molecule has 3 aliphatic heterocycles. The Kier molecular flexibility index (Phi) is 5.18. The topological polar surface area (TPSA) is 133 Å². The molecule has 3 rings (SSSR count). The first-order chi connectivity index (χ1) is 12.7. The molecular formula is C17H23N3O7. The van der Waals surface area contributed by atoms with Crippen molar-refractivity contribution in [2.24, 2.45) is 11.8 Å². The number of carboxylic acid groups (broad SMARTS) is 1. The summed E-state index contributed by atoms with van der Waals surface area (Å²) in [5.74, 6) is -4.08. The molecule has 0 aliphatic carbocycles. The van der Waals surface area contributed by atoms with E-state index >= 15 is 0 Å². The van der Waals surface area contributed by atoms with Crippen molar-refractivity contribution in [2.45, 2.75) is 44.9 Å². The summed E-state index contributed by atoms with van der Waals surface area (Å²) in [5.41, 5.74) is 0. The van der Waals surface area contributed by atoms with E-state index in [4.69, 9.17) is 4.74 Å². The Hall–Kier alpha value is -2.49. The van der Waals surface area contributed by atoms with Gasteiger partial charge in [-0.15, -0.1) is 0 Å². The molecule has 5 unspecified atom stereocenters. The van der Waals surface area contributed by atoms with Gasteiger partial charge in [0.05, 0.1) is 24.0 Å². The quantitative estimate of drug-likeness (QED) is 0.517. The number of rotatable bonds is 7. The van der Waals surface area contributed by atoms with E-state index in [1.165, 1.54) is 13.8 Å². The van der Waals surface area contributed by atoms with Gasteiger partial charge in [0.1, 0.15) is 12.6 Å². The first-order valence-electron chi connectivity index (χ1n) is 8.99. The largest absolute Gasteiger partial charge is 0.480 e. The Balaban J connectivity index is 1.69. The van der Waals surface area contributed by atoms with Crippen LogP contribution in [0.3, 0.4) is 0 Å². The van der Waals surface area contributed by atoms with Crippen LogP contribution in [0.1, 0.15) is 26.7 Å². The van der Waals surface area contributed by atoms with Gasteiger partial charge in [-0.3, -0.25) is 24.1 Å². The number of nitrogens with one attached hydrogen (secondary N) is 1. The summed E-state index contributed by atoms with van der Waals surface area (Å²) in [6, 6.07) is -1.15. The number of imide groups is 1. The van der Waals surface area contributed by atoms with Gasteiger partial charge >= 0.3 is 5.97 Å². The minimum absolute atomic E-state index is 0.0384. The van der Waals surface area contributed by atoms with E-state index in [1.54, 1.807) is 0 Å². The first-order valence-corrected chi connectivity index (χ1v) is 8.99. The van der Waals surface area contributed by atoms with Crippen molar-refractivity contribution < 1.29 is 33.8 Å². The fourth-order valence-electron chi connectivity index (χ4n) is 4.18. The van der Waals surface area contributed by atoms with Gasteiger partial charge in [-0.05, 0) is 19.8 Å². The lowest BCUT2D eigenvalue weighted by Gasteiger charge is -2.28. The first kappa shape index (κ1) is 19.3. The van der Waals surface area contributed by atoms with Crippen LogP contribution in [0.4, 0.5) is 0 Å². The Morgan fingerprint density at radius 3 is 2.26 bits per heavy atom. The Morgan fingerprint density at radius 2 is 1.78 bits per heavy atom. The molecule has 2 bridgehead atoms. The number of ether oxygens (including phenoxy) is 1. The minimum Gasteiger partial charge on any atom is -0.480 e. The fraction of sp³-hybridized carbons (Fsp3) is 0.706. The molecule has 148 valence electrons. The van der Waals surface area contributed by atoms with Crippen molar-refractivity contribution in [2.75, 3.05) is 19.6 Å². The number of carboxylic acids is 1. The average Bonchev–Trinajstić information content (AvgIpc) is 3.27. The summed E-state index contributed by atoms with van der Waals surface area (Å²) in [6.45, 7) is 2.18. The Morgan fingerprint density at radius 1 is 1.22 bits per heavy atom. The van der Waals surface area contributed by atoms with Crippen molar-refractivity contribution >= 4 is 29.6 Å². The molecular weight excluding hydrogens is 358 g/mol. The van der Waals surface area contributed by atoms with E-state index in [9.17, 15) is 29.1 Å². The van der Waals surface area contributed by atoms with E-state index < -0.39 is 48.1 Å². The summed E-state index contributed by atoms with van der Waals surface area (Å²) in [7, 11) is 0. The second kappa shape index (κ2) is 7.26. The van der Waals surface area contributed by atoms with Crippen molar-refractivity contribution in [3.8, 4) is 0 Å². The van der Waals surface area contributed by atoms with Gasteiger partial charge in [0.15, 0.2) is 0 Å². The van der Waals surface area contributed by atoms with Gasteiger partial charge in [-0.25, -0.2) is 4.79 Å². The maximum Gasteiger partial charge on any atom is 0.326 e. The summed E-state index contributed by atoms with van der Waals surface area (Å²) >= 11 is 0. The molecule has 3 saturated heterocycles. The number of carbonyl (C=O) groups excluding carboxylic acids is 4. The zero-order valence-corrected chi connectivity index (χ0v) is 15.2. The van der Waals surface area contributed by atoms with Gasteiger partial charge in [0.2, 0.25) is 23.6 Å². The summed E-state index contributed by atoms with van der Waals surface area (Å²) in [4.78, 5) is 62.3.